The average Bonchev–Trinajstić information content (AvgIpc) is 3.00. The highest BCUT2D eigenvalue weighted by Gasteiger charge is 2.66. The Kier molecular flexibility index (Phi) is 6.01. The lowest BCUT2D eigenvalue weighted by Crippen LogP contribution is -2.65. The summed E-state index contributed by atoms with van der Waals surface area (Å²) in [4.78, 5) is 13.3. The summed E-state index contributed by atoms with van der Waals surface area (Å²) in [6.07, 6.45) is 9.11. The molecule has 0 saturated heterocycles. The molecule has 3 N–H and O–H groups in total. The Hall–Kier alpha value is -2.41. The smallest absolute Gasteiger partial charge is 0.319 e. The molecule has 2 bridgehead atoms. The summed E-state index contributed by atoms with van der Waals surface area (Å²) in [5.41, 5.74) is 0.985. The fourth-order valence-corrected chi connectivity index (χ4v) is 9.07. The molecule has 7 heteroatoms. The number of anilines is 1. The molecule has 5 rings (SSSR count). The van der Waals surface area contributed by atoms with E-state index in [-0.39, 0.29) is 22.4 Å². The molecule has 2 amide bonds. The molecular weight excluding hydrogens is 456 g/mol. The third kappa shape index (κ3) is 3.68. The average molecular weight is 499 g/mol. The Bertz CT molecular complexity index is 1050. The molecule has 1 spiro atoms. The minimum absolute atomic E-state index is 0.136. The number of hydrogen-bond acceptors (Lipinski definition) is 5. The van der Waals surface area contributed by atoms with Gasteiger partial charge in [0.25, 0.3) is 0 Å². The van der Waals surface area contributed by atoms with Gasteiger partial charge in [-0.15, -0.1) is 0 Å². The van der Waals surface area contributed by atoms with Crippen molar-refractivity contribution in [2.75, 3.05) is 26.6 Å². The van der Waals surface area contributed by atoms with E-state index in [2.05, 4.69) is 31.1 Å². The van der Waals surface area contributed by atoms with Gasteiger partial charge in [-0.1, -0.05) is 19.9 Å². The van der Waals surface area contributed by atoms with Gasteiger partial charge in [0, 0.05) is 17.7 Å². The van der Waals surface area contributed by atoms with Gasteiger partial charge in [0.15, 0.2) is 11.5 Å². The van der Waals surface area contributed by atoms with Crippen molar-refractivity contribution < 1.29 is 24.1 Å². The molecule has 0 unspecified atom stereocenters. The maximum atomic E-state index is 13.3. The highest BCUT2D eigenvalue weighted by Crippen LogP contribution is 2.71. The Balaban J connectivity index is 1.36. The molecule has 4 saturated carbocycles. The van der Waals surface area contributed by atoms with Crippen LogP contribution in [0.1, 0.15) is 71.6 Å². The Morgan fingerprint density at radius 1 is 1.00 bits per heavy atom. The predicted molar refractivity (Wildman–Crippen MR) is 140 cm³/mol. The van der Waals surface area contributed by atoms with Crippen LogP contribution in [0.2, 0.25) is 0 Å². The lowest BCUT2D eigenvalue weighted by Gasteiger charge is -2.64. The molecule has 1 aromatic rings. The number of methoxy groups -OCH3 is 3. The van der Waals surface area contributed by atoms with Gasteiger partial charge in [-0.05, 0) is 86.5 Å². The summed E-state index contributed by atoms with van der Waals surface area (Å²) in [5.74, 6) is 2.43. The van der Waals surface area contributed by atoms with Crippen LogP contribution in [0.3, 0.4) is 0 Å². The van der Waals surface area contributed by atoms with Crippen LogP contribution in [0, 0.1) is 22.7 Å². The number of urea groups is 1. The Morgan fingerprint density at radius 2 is 1.67 bits per heavy atom. The van der Waals surface area contributed by atoms with Crippen LogP contribution < -0.4 is 24.8 Å². The first-order chi connectivity index (χ1) is 17.0. The van der Waals surface area contributed by atoms with E-state index >= 15 is 0 Å². The second-order valence-electron chi connectivity index (χ2n) is 12.3. The van der Waals surface area contributed by atoms with Crippen molar-refractivity contribution in [2.24, 2.45) is 22.7 Å². The number of rotatable bonds is 5. The van der Waals surface area contributed by atoms with Crippen molar-refractivity contribution >= 4 is 11.7 Å². The molecular formula is C29H42N2O5. The molecule has 4 aliphatic rings. The first-order valence-electron chi connectivity index (χ1n) is 13.3. The monoisotopic (exact) mass is 498 g/mol. The summed E-state index contributed by atoms with van der Waals surface area (Å²) in [7, 11) is 4.68. The molecule has 0 aliphatic heterocycles. The SMILES string of the molecule is C=C1C[C@@]23CC[C@H]4[C@@](C)(CCC[C@@]4(C)NC(=O)Nc4cc(OC)c(OC)c(OC)c4)[C@@H]2CC[C@]1(O)C3. The van der Waals surface area contributed by atoms with Gasteiger partial charge < -0.3 is 30.0 Å². The topological polar surface area (TPSA) is 89.1 Å². The van der Waals surface area contributed by atoms with Crippen LogP contribution in [-0.2, 0) is 0 Å². The van der Waals surface area contributed by atoms with Crippen molar-refractivity contribution in [3.8, 4) is 17.2 Å². The van der Waals surface area contributed by atoms with Crippen LogP contribution in [0.25, 0.3) is 0 Å². The van der Waals surface area contributed by atoms with Gasteiger partial charge in [-0.2, -0.15) is 0 Å². The van der Waals surface area contributed by atoms with Crippen LogP contribution in [0.15, 0.2) is 24.3 Å². The minimum atomic E-state index is -0.656. The summed E-state index contributed by atoms with van der Waals surface area (Å²) in [6.45, 7) is 8.98. The maximum Gasteiger partial charge on any atom is 0.319 e. The zero-order chi connectivity index (χ0) is 25.9. The lowest BCUT2D eigenvalue weighted by atomic mass is 9.42. The van der Waals surface area contributed by atoms with E-state index in [1.54, 1.807) is 33.5 Å². The first kappa shape index (κ1) is 25.2. The van der Waals surface area contributed by atoms with Gasteiger partial charge in [-0.25, -0.2) is 4.79 Å². The van der Waals surface area contributed by atoms with Crippen LogP contribution in [-0.4, -0.2) is 43.6 Å². The number of hydrogen-bond donors (Lipinski definition) is 3. The molecule has 36 heavy (non-hydrogen) atoms. The van der Waals surface area contributed by atoms with E-state index in [0.717, 1.165) is 56.9 Å². The summed E-state index contributed by atoms with van der Waals surface area (Å²) in [5, 5.41) is 17.6. The molecule has 198 valence electrons. The fourth-order valence-electron chi connectivity index (χ4n) is 9.07. The standard InChI is InChI=1S/C29H42N2O5/c1-18-16-28-12-8-22-26(2,23(28)9-13-29(18,33)17-28)10-7-11-27(22,3)31-25(32)30-19-14-20(34-4)24(36-6)21(15-19)35-5/h14-15,22-23,33H,1,7-13,16-17H2,2-6H3,(H2,30,31,32)/t22-,23-,26+,27+,28+,29-/m0/s1. The van der Waals surface area contributed by atoms with Crippen LogP contribution in [0.5, 0.6) is 17.2 Å². The largest absolute Gasteiger partial charge is 0.493 e. The van der Waals surface area contributed by atoms with Gasteiger partial charge >= 0.3 is 6.03 Å². The highest BCUT2D eigenvalue weighted by atomic mass is 16.5. The second-order valence-corrected chi connectivity index (χ2v) is 12.3. The zero-order valence-electron chi connectivity index (χ0n) is 22.5. The van der Waals surface area contributed by atoms with Crippen molar-refractivity contribution in [2.45, 2.75) is 82.8 Å². The molecule has 0 aromatic heterocycles. The number of aliphatic hydroxyl groups is 1. The molecule has 7 nitrogen and oxygen atoms in total. The van der Waals surface area contributed by atoms with Crippen molar-refractivity contribution in [1.82, 2.24) is 5.32 Å². The third-order valence-electron chi connectivity index (χ3n) is 10.5. The molecule has 0 radical (unpaired) electrons. The molecule has 4 aliphatic carbocycles. The Morgan fingerprint density at radius 3 is 2.31 bits per heavy atom. The minimum Gasteiger partial charge on any atom is -0.493 e. The number of fused-ring (bicyclic) bond motifs is 3. The van der Waals surface area contributed by atoms with Crippen molar-refractivity contribution in [1.29, 1.82) is 0 Å². The number of carbonyl (C=O) groups excluding carboxylic acids is 1. The summed E-state index contributed by atoms with van der Waals surface area (Å²) < 4.78 is 16.3. The maximum absolute atomic E-state index is 13.3. The van der Waals surface area contributed by atoms with Gasteiger partial charge in [0.2, 0.25) is 5.75 Å². The van der Waals surface area contributed by atoms with Gasteiger partial charge in [0.1, 0.15) is 0 Å². The molecule has 0 heterocycles. The third-order valence-corrected chi connectivity index (χ3v) is 10.5. The van der Waals surface area contributed by atoms with Crippen molar-refractivity contribution in [3.05, 3.63) is 24.3 Å². The van der Waals surface area contributed by atoms with Gasteiger partial charge in [0.05, 0.1) is 32.6 Å². The van der Waals surface area contributed by atoms with Crippen LogP contribution >= 0.6 is 0 Å². The predicted octanol–water partition coefficient (Wildman–Crippen LogP) is 5.67. The molecule has 6 atom stereocenters. The lowest BCUT2D eigenvalue weighted by molar-refractivity contribution is -0.148. The number of amides is 2. The summed E-state index contributed by atoms with van der Waals surface area (Å²) in [6, 6.07) is 3.27. The van der Waals surface area contributed by atoms with Crippen molar-refractivity contribution in [3.63, 3.8) is 0 Å². The van der Waals surface area contributed by atoms with E-state index in [0.29, 0.717) is 34.8 Å². The van der Waals surface area contributed by atoms with Crippen LogP contribution in [0.4, 0.5) is 10.5 Å². The molecule has 1 aromatic carbocycles. The summed E-state index contributed by atoms with van der Waals surface area (Å²) >= 11 is 0. The normalized spacial score (nSPS) is 39.0. The van der Waals surface area contributed by atoms with E-state index < -0.39 is 5.60 Å². The molecule has 4 fully saturated rings. The quantitative estimate of drug-likeness (QED) is 0.455. The van der Waals surface area contributed by atoms with E-state index in [4.69, 9.17) is 14.2 Å². The van der Waals surface area contributed by atoms with E-state index in [1.807, 2.05) is 0 Å². The zero-order valence-corrected chi connectivity index (χ0v) is 22.5. The second kappa shape index (κ2) is 8.57. The van der Waals surface area contributed by atoms with E-state index in [9.17, 15) is 9.90 Å². The fraction of sp³-hybridized carbons (Fsp3) is 0.690. The Labute approximate surface area is 215 Å². The first-order valence-corrected chi connectivity index (χ1v) is 13.3. The van der Waals surface area contributed by atoms with Gasteiger partial charge in [-0.3, -0.25) is 0 Å². The number of ether oxygens (including phenoxy) is 3. The number of benzene rings is 1. The number of nitrogens with one attached hydrogen (secondary N) is 2. The highest BCUT2D eigenvalue weighted by molar-refractivity contribution is 5.90. The van der Waals surface area contributed by atoms with E-state index in [1.165, 1.54) is 6.42 Å². The number of carbonyl (C=O) groups is 1.